The Bertz CT molecular complexity index is 739. The van der Waals surface area contributed by atoms with Gasteiger partial charge in [-0.25, -0.2) is 0 Å². The molecule has 9 atom stereocenters. The second-order valence-electron chi connectivity index (χ2n) is 11.6. The van der Waals surface area contributed by atoms with Gasteiger partial charge < -0.3 is 9.84 Å². The van der Waals surface area contributed by atoms with Gasteiger partial charge in [-0.05, 0) is 67.1 Å². The van der Waals surface area contributed by atoms with Gasteiger partial charge in [0.1, 0.15) is 5.78 Å². The molecule has 5 aliphatic rings. The second kappa shape index (κ2) is 8.07. The van der Waals surface area contributed by atoms with Crippen LogP contribution >= 0.6 is 11.6 Å². The fourth-order valence-corrected chi connectivity index (χ4v) is 9.19. The Labute approximate surface area is 191 Å². The maximum atomic E-state index is 13.8. The van der Waals surface area contributed by atoms with E-state index in [1.807, 2.05) is 0 Å². The molecular formula is C25H38ClNO4. The van der Waals surface area contributed by atoms with E-state index in [-0.39, 0.29) is 46.5 Å². The molecule has 5 fully saturated rings. The molecule has 4 saturated carbocycles. The number of aliphatic hydroxyl groups is 1. The lowest BCUT2D eigenvalue weighted by Crippen LogP contribution is -2.62. The van der Waals surface area contributed by atoms with Crippen molar-refractivity contribution in [2.45, 2.75) is 70.9 Å². The van der Waals surface area contributed by atoms with Crippen molar-refractivity contribution in [2.75, 3.05) is 32.2 Å². The normalized spacial score (nSPS) is 50.5. The zero-order valence-corrected chi connectivity index (χ0v) is 19.8. The Balaban J connectivity index is 1.44. The number of alkyl halides is 1. The molecule has 0 spiro atoms. The lowest BCUT2D eigenvalue weighted by molar-refractivity contribution is -0.171. The number of rotatable bonds is 3. The van der Waals surface area contributed by atoms with Crippen LogP contribution in [0.3, 0.4) is 0 Å². The molecule has 1 N–H and O–H groups in total. The number of ether oxygens (including phenoxy) is 1. The molecule has 174 valence electrons. The molecule has 0 aromatic rings. The van der Waals surface area contributed by atoms with Crippen LogP contribution < -0.4 is 0 Å². The van der Waals surface area contributed by atoms with Crippen LogP contribution in [0.1, 0.15) is 58.8 Å². The molecule has 0 bridgehead atoms. The third kappa shape index (κ3) is 3.36. The van der Waals surface area contributed by atoms with E-state index in [4.69, 9.17) is 16.3 Å². The number of hydrogen-bond acceptors (Lipinski definition) is 5. The van der Waals surface area contributed by atoms with E-state index in [1.54, 1.807) is 0 Å². The minimum Gasteiger partial charge on any atom is -0.391 e. The maximum Gasteiger partial charge on any atom is 0.151 e. The quantitative estimate of drug-likeness (QED) is 0.667. The standard InChI is InChI=1S/C25H38ClNO4/c1-24-12-19(27-7-9-31-10-8-27)20(28)11-15(24)3-4-16-17-5-6-18(22(30)14-26)25(17,2)13-21(29)23(16)24/h15-20,23,28H,3-14H2,1-2H3/t15-,16-,17-,18+,19-,20-,23+,24-,25-/m0/s1. The lowest BCUT2D eigenvalue weighted by atomic mass is 9.43. The lowest BCUT2D eigenvalue weighted by Gasteiger charge is -2.61. The molecule has 0 amide bonds. The van der Waals surface area contributed by atoms with Crippen LogP contribution in [0.15, 0.2) is 0 Å². The van der Waals surface area contributed by atoms with Crippen LogP contribution in [0.2, 0.25) is 0 Å². The first-order chi connectivity index (χ1) is 14.8. The summed E-state index contributed by atoms with van der Waals surface area (Å²) >= 11 is 5.94. The fraction of sp³-hybridized carbons (Fsp3) is 0.920. The highest BCUT2D eigenvalue weighted by Crippen LogP contribution is 2.66. The molecule has 4 aliphatic carbocycles. The summed E-state index contributed by atoms with van der Waals surface area (Å²) in [7, 11) is 0. The molecule has 1 saturated heterocycles. The Morgan fingerprint density at radius 1 is 1.16 bits per heavy atom. The van der Waals surface area contributed by atoms with Crippen LogP contribution in [0.4, 0.5) is 0 Å². The van der Waals surface area contributed by atoms with Crippen LogP contribution in [0.25, 0.3) is 0 Å². The van der Waals surface area contributed by atoms with Crippen LogP contribution in [-0.4, -0.2) is 65.9 Å². The number of aliphatic hydroxyl groups excluding tert-OH is 1. The van der Waals surface area contributed by atoms with E-state index in [1.165, 1.54) is 0 Å². The Morgan fingerprint density at radius 3 is 2.61 bits per heavy atom. The first-order valence-electron chi connectivity index (χ1n) is 12.4. The summed E-state index contributed by atoms with van der Waals surface area (Å²) in [4.78, 5) is 28.8. The van der Waals surface area contributed by atoms with Gasteiger partial charge in [-0.1, -0.05) is 13.8 Å². The Morgan fingerprint density at radius 2 is 1.90 bits per heavy atom. The van der Waals surface area contributed by atoms with E-state index in [0.29, 0.717) is 30.0 Å². The summed E-state index contributed by atoms with van der Waals surface area (Å²) < 4.78 is 5.54. The summed E-state index contributed by atoms with van der Waals surface area (Å²) in [6, 6.07) is 0.124. The molecule has 0 aromatic carbocycles. The van der Waals surface area contributed by atoms with Crippen molar-refractivity contribution in [2.24, 2.45) is 40.4 Å². The maximum absolute atomic E-state index is 13.8. The van der Waals surface area contributed by atoms with Crippen LogP contribution in [0.5, 0.6) is 0 Å². The highest BCUT2D eigenvalue weighted by molar-refractivity contribution is 6.28. The van der Waals surface area contributed by atoms with E-state index < -0.39 is 0 Å². The molecule has 0 unspecified atom stereocenters. The van der Waals surface area contributed by atoms with Crippen molar-refractivity contribution in [1.29, 1.82) is 0 Å². The van der Waals surface area contributed by atoms with Gasteiger partial charge >= 0.3 is 0 Å². The largest absolute Gasteiger partial charge is 0.391 e. The second-order valence-corrected chi connectivity index (χ2v) is 11.9. The highest BCUT2D eigenvalue weighted by atomic mass is 35.5. The fourth-order valence-electron chi connectivity index (χ4n) is 9.00. The topological polar surface area (TPSA) is 66.8 Å². The molecule has 31 heavy (non-hydrogen) atoms. The van der Waals surface area contributed by atoms with Gasteiger partial charge in [0.25, 0.3) is 0 Å². The zero-order valence-electron chi connectivity index (χ0n) is 19.0. The van der Waals surface area contributed by atoms with Gasteiger partial charge in [-0.3, -0.25) is 14.5 Å². The van der Waals surface area contributed by atoms with Gasteiger partial charge in [0.05, 0.1) is 25.2 Å². The first kappa shape index (κ1) is 22.3. The SMILES string of the molecule is C[C@]12C[C@H](N3CCOCC3)[C@@H](O)C[C@@H]1CC[C@H]1[C@@H]3CC[C@H](C(=O)CCl)[C@@]3(C)CC(=O)[C@@H]12. The number of halogens is 1. The van der Waals surface area contributed by atoms with E-state index in [0.717, 1.165) is 64.8 Å². The van der Waals surface area contributed by atoms with Gasteiger partial charge in [-0.15, -0.1) is 11.6 Å². The first-order valence-corrected chi connectivity index (χ1v) is 12.9. The van der Waals surface area contributed by atoms with Gasteiger partial charge in [0, 0.05) is 37.4 Å². The molecule has 5 nitrogen and oxygen atoms in total. The smallest absolute Gasteiger partial charge is 0.151 e. The number of carbonyl (C=O) groups is 2. The zero-order chi connectivity index (χ0) is 22.0. The van der Waals surface area contributed by atoms with Crippen molar-refractivity contribution >= 4 is 23.2 Å². The molecule has 5 rings (SSSR count). The minimum atomic E-state index is -0.311. The van der Waals surface area contributed by atoms with Gasteiger partial charge in [0.2, 0.25) is 0 Å². The summed E-state index contributed by atoms with van der Waals surface area (Å²) in [5.41, 5.74) is -0.274. The number of nitrogens with zero attached hydrogens (tertiary/aromatic N) is 1. The predicted octanol–water partition coefficient (Wildman–Crippen LogP) is 3.30. The number of ketones is 2. The average molecular weight is 452 g/mol. The number of hydrogen-bond donors (Lipinski definition) is 1. The Hall–Kier alpha value is -0.490. The number of carbonyl (C=O) groups excluding carboxylic acids is 2. The molecule has 0 aromatic heterocycles. The van der Waals surface area contributed by atoms with Crippen LogP contribution in [0, 0.1) is 40.4 Å². The van der Waals surface area contributed by atoms with Crippen molar-refractivity contribution in [1.82, 2.24) is 4.90 Å². The van der Waals surface area contributed by atoms with Gasteiger partial charge in [-0.2, -0.15) is 0 Å². The summed E-state index contributed by atoms with van der Waals surface area (Å²) in [6.07, 6.45) is 6.02. The summed E-state index contributed by atoms with van der Waals surface area (Å²) in [5.74, 6) is 1.82. The summed E-state index contributed by atoms with van der Waals surface area (Å²) in [5, 5.41) is 11.0. The molecule has 1 heterocycles. The van der Waals surface area contributed by atoms with Crippen molar-refractivity contribution < 1.29 is 19.4 Å². The van der Waals surface area contributed by atoms with E-state index in [9.17, 15) is 14.7 Å². The molecule has 0 radical (unpaired) electrons. The average Bonchev–Trinajstić information content (AvgIpc) is 3.10. The van der Waals surface area contributed by atoms with Crippen LogP contribution in [-0.2, 0) is 14.3 Å². The molecule has 1 aliphatic heterocycles. The third-order valence-corrected chi connectivity index (χ3v) is 10.7. The van der Waals surface area contributed by atoms with Crippen molar-refractivity contribution in [3.63, 3.8) is 0 Å². The van der Waals surface area contributed by atoms with Gasteiger partial charge in [0.15, 0.2) is 5.78 Å². The number of fused-ring (bicyclic) bond motifs is 5. The third-order valence-electron chi connectivity index (χ3n) is 10.4. The highest BCUT2D eigenvalue weighted by Gasteiger charge is 2.64. The molecule has 6 heteroatoms. The van der Waals surface area contributed by atoms with E-state index in [2.05, 4.69) is 18.7 Å². The van der Waals surface area contributed by atoms with E-state index >= 15 is 0 Å². The molecular weight excluding hydrogens is 414 g/mol. The van der Waals surface area contributed by atoms with Crippen molar-refractivity contribution in [3.8, 4) is 0 Å². The predicted molar refractivity (Wildman–Crippen MR) is 119 cm³/mol. The summed E-state index contributed by atoms with van der Waals surface area (Å²) in [6.45, 7) is 7.74. The van der Waals surface area contributed by atoms with Crippen molar-refractivity contribution in [3.05, 3.63) is 0 Å². The Kier molecular flexibility index (Phi) is 5.81. The number of Topliss-reactive ketones (excluding diaryl/α,β-unsaturated/α-hetero) is 2. The minimum absolute atomic E-state index is 0.0558. The number of morpholine rings is 1. The monoisotopic (exact) mass is 451 g/mol.